The molecular formula is C18H22N4OS2. The third-order valence-corrected chi connectivity index (χ3v) is 6.96. The second-order valence-electron chi connectivity index (χ2n) is 6.70. The van der Waals surface area contributed by atoms with Crippen LogP contribution in [0.5, 0.6) is 0 Å². The summed E-state index contributed by atoms with van der Waals surface area (Å²) in [6.45, 7) is 7.69. The van der Waals surface area contributed by atoms with Gasteiger partial charge in [0.05, 0.1) is 22.8 Å². The summed E-state index contributed by atoms with van der Waals surface area (Å²) in [4.78, 5) is 26.2. The van der Waals surface area contributed by atoms with E-state index in [0.29, 0.717) is 12.3 Å². The van der Waals surface area contributed by atoms with Gasteiger partial charge in [0.1, 0.15) is 10.7 Å². The highest BCUT2D eigenvalue weighted by atomic mass is 32.1. The number of aromatic nitrogens is 3. The molecule has 0 aliphatic carbocycles. The lowest BCUT2D eigenvalue weighted by atomic mass is 9.94. The average molecular weight is 375 g/mol. The third kappa shape index (κ3) is 3.11. The molecule has 0 N–H and O–H groups in total. The SMILES string of the molecule is Cc1nc(C)c(CC(=O)N2CCC(c3nc(C)n4ccsc34)CC2)s1. The van der Waals surface area contributed by atoms with Crippen LogP contribution in [-0.2, 0) is 11.2 Å². The second kappa shape index (κ2) is 6.53. The number of rotatable bonds is 3. The predicted molar refractivity (Wildman–Crippen MR) is 102 cm³/mol. The maximum atomic E-state index is 12.6. The number of aryl methyl sites for hydroxylation is 3. The average Bonchev–Trinajstić information content (AvgIpc) is 3.26. The lowest BCUT2D eigenvalue weighted by Crippen LogP contribution is -2.38. The number of imidazole rings is 1. The summed E-state index contributed by atoms with van der Waals surface area (Å²) in [5.41, 5.74) is 2.22. The fraction of sp³-hybridized carbons (Fsp3) is 0.500. The van der Waals surface area contributed by atoms with Gasteiger partial charge in [-0.2, -0.15) is 0 Å². The van der Waals surface area contributed by atoms with Crippen LogP contribution in [-0.4, -0.2) is 38.3 Å². The van der Waals surface area contributed by atoms with Gasteiger partial charge in [-0.1, -0.05) is 0 Å². The molecular weight excluding hydrogens is 352 g/mol. The van der Waals surface area contributed by atoms with Gasteiger partial charge >= 0.3 is 0 Å². The molecule has 5 nitrogen and oxygen atoms in total. The second-order valence-corrected chi connectivity index (χ2v) is 8.88. The van der Waals surface area contributed by atoms with E-state index >= 15 is 0 Å². The smallest absolute Gasteiger partial charge is 0.227 e. The third-order valence-electron chi connectivity index (χ3n) is 5.00. The predicted octanol–water partition coefficient (Wildman–Crippen LogP) is 3.73. The van der Waals surface area contributed by atoms with E-state index < -0.39 is 0 Å². The van der Waals surface area contributed by atoms with Gasteiger partial charge in [-0.05, 0) is 33.6 Å². The minimum atomic E-state index is 0.229. The molecule has 132 valence electrons. The Bertz CT molecular complexity index is 915. The van der Waals surface area contributed by atoms with Crippen molar-refractivity contribution in [3.05, 3.63) is 38.7 Å². The molecule has 7 heteroatoms. The number of hydrogen-bond donors (Lipinski definition) is 0. The molecule has 0 unspecified atom stereocenters. The van der Waals surface area contributed by atoms with E-state index in [0.717, 1.165) is 47.3 Å². The molecule has 0 saturated carbocycles. The van der Waals surface area contributed by atoms with E-state index in [9.17, 15) is 4.79 Å². The zero-order chi connectivity index (χ0) is 17.6. The van der Waals surface area contributed by atoms with E-state index in [2.05, 4.69) is 27.9 Å². The van der Waals surface area contributed by atoms with Gasteiger partial charge in [-0.3, -0.25) is 9.20 Å². The van der Waals surface area contributed by atoms with Gasteiger partial charge in [-0.15, -0.1) is 22.7 Å². The molecule has 1 aliphatic heterocycles. The summed E-state index contributed by atoms with van der Waals surface area (Å²) < 4.78 is 2.17. The van der Waals surface area contributed by atoms with Gasteiger partial charge in [0.15, 0.2) is 0 Å². The molecule has 0 aromatic carbocycles. The van der Waals surface area contributed by atoms with Crippen molar-refractivity contribution in [2.24, 2.45) is 0 Å². The fourth-order valence-electron chi connectivity index (χ4n) is 3.65. The number of likely N-dealkylation sites (tertiary alicyclic amines) is 1. The summed E-state index contributed by atoms with van der Waals surface area (Å²) in [7, 11) is 0. The van der Waals surface area contributed by atoms with Gasteiger partial charge in [0.2, 0.25) is 5.91 Å². The Hall–Kier alpha value is -1.73. The first-order valence-corrected chi connectivity index (χ1v) is 10.3. The van der Waals surface area contributed by atoms with Crippen molar-refractivity contribution < 1.29 is 4.79 Å². The molecule has 4 heterocycles. The van der Waals surface area contributed by atoms with Crippen LogP contribution in [0.2, 0.25) is 0 Å². The quantitative estimate of drug-likeness (QED) is 0.702. The summed E-state index contributed by atoms with van der Waals surface area (Å²) in [5, 5.41) is 3.15. The largest absolute Gasteiger partial charge is 0.342 e. The molecule has 25 heavy (non-hydrogen) atoms. The highest BCUT2D eigenvalue weighted by molar-refractivity contribution is 7.15. The fourth-order valence-corrected chi connectivity index (χ4v) is 5.53. The summed E-state index contributed by atoms with van der Waals surface area (Å²) in [6, 6.07) is 0. The van der Waals surface area contributed by atoms with Crippen molar-refractivity contribution >= 4 is 33.4 Å². The molecule has 1 aliphatic rings. The number of hydrogen-bond acceptors (Lipinski definition) is 5. The Balaban J connectivity index is 1.42. The number of fused-ring (bicyclic) bond motifs is 1. The molecule has 0 atom stereocenters. The van der Waals surface area contributed by atoms with Crippen LogP contribution in [0.3, 0.4) is 0 Å². The van der Waals surface area contributed by atoms with E-state index in [4.69, 9.17) is 4.98 Å². The van der Waals surface area contributed by atoms with Gasteiger partial charge in [0, 0.05) is 35.5 Å². The molecule has 0 bridgehead atoms. The number of amides is 1. The van der Waals surface area contributed by atoms with E-state index in [1.54, 1.807) is 22.7 Å². The van der Waals surface area contributed by atoms with Crippen LogP contribution in [0, 0.1) is 20.8 Å². The van der Waals surface area contributed by atoms with E-state index in [-0.39, 0.29) is 5.91 Å². The topological polar surface area (TPSA) is 50.5 Å². The van der Waals surface area contributed by atoms with E-state index in [1.807, 2.05) is 18.7 Å². The van der Waals surface area contributed by atoms with Crippen LogP contribution in [0.15, 0.2) is 11.6 Å². The Kier molecular flexibility index (Phi) is 4.37. The van der Waals surface area contributed by atoms with Crippen molar-refractivity contribution in [2.45, 2.75) is 46.0 Å². The van der Waals surface area contributed by atoms with Crippen molar-refractivity contribution in [1.29, 1.82) is 0 Å². The molecule has 1 amide bonds. The van der Waals surface area contributed by atoms with Crippen molar-refractivity contribution in [2.75, 3.05) is 13.1 Å². The Morgan fingerprint density at radius 2 is 2.00 bits per heavy atom. The molecule has 3 aromatic rings. The lowest BCUT2D eigenvalue weighted by molar-refractivity contribution is -0.131. The summed E-state index contributed by atoms with van der Waals surface area (Å²) in [6.07, 6.45) is 4.57. The first-order chi connectivity index (χ1) is 12.0. The van der Waals surface area contributed by atoms with Crippen molar-refractivity contribution in [3.8, 4) is 0 Å². The molecule has 0 radical (unpaired) electrons. The Morgan fingerprint density at radius 3 is 2.68 bits per heavy atom. The number of carbonyl (C=O) groups is 1. The van der Waals surface area contributed by atoms with Crippen molar-refractivity contribution in [3.63, 3.8) is 0 Å². The first-order valence-electron chi connectivity index (χ1n) is 8.65. The standard InChI is InChI=1S/C18H22N4OS2/c1-11-15(25-13(3)19-11)10-16(23)21-6-4-14(5-7-21)17-18-22(8-9-24-18)12(2)20-17/h8-9,14H,4-7,10H2,1-3H3. The molecule has 1 saturated heterocycles. The highest BCUT2D eigenvalue weighted by Crippen LogP contribution is 2.33. The number of carbonyl (C=O) groups excluding carboxylic acids is 1. The molecule has 3 aromatic heterocycles. The van der Waals surface area contributed by atoms with Crippen LogP contribution < -0.4 is 0 Å². The summed E-state index contributed by atoms with van der Waals surface area (Å²) >= 11 is 3.39. The number of thiazole rings is 2. The Morgan fingerprint density at radius 1 is 1.24 bits per heavy atom. The van der Waals surface area contributed by atoms with Crippen LogP contribution >= 0.6 is 22.7 Å². The lowest BCUT2D eigenvalue weighted by Gasteiger charge is -2.31. The van der Waals surface area contributed by atoms with Gasteiger partial charge in [0.25, 0.3) is 0 Å². The summed E-state index contributed by atoms with van der Waals surface area (Å²) in [5.74, 6) is 1.74. The maximum Gasteiger partial charge on any atom is 0.227 e. The van der Waals surface area contributed by atoms with Gasteiger partial charge < -0.3 is 4.90 Å². The zero-order valence-electron chi connectivity index (χ0n) is 14.8. The normalized spacial score (nSPS) is 16.0. The molecule has 4 rings (SSSR count). The van der Waals surface area contributed by atoms with Gasteiger partial charge in [-0.25, -0.2) is 9.97 Å². The van der Waals surface area contributed by atoms with Crippen molar-refractivity contribution in [1.82, 2.24) is 19.3 Å². The monoisotopic (exact) mass is 374 g/mol. The van der Waals surface area contributed by atoms with Crippen LogP contribution in [0.1, 0.15) is 45.9 Å². The highest BCUT2D eigenvalue weighted by Gasteiger charge is 2.27. The Labute approximate surface area is 155 Å². The number of nitrogens with zero attached hydrogens (tertiary/aromatic N) is 4. The van der Waals surface area contributed by atoms with Crippen LogP contribution in [0.4, 0.5) is 0 Å². The minimum Gasteiger partial charge on any atom is -0.342 e. The molecule has 0 spiro atoms. The molecule has 1 fully saturated rings. The minimum absolute atomic E-state index is 0.229. The number of piperidine rings is 1. The van der Waals surface area contributed by atoms with Crippen LogP contribution in [0.25, 0.3) is 4.83 Å². The zero-order valence-corrected chi connectivity index (χ0v) is 16.4. The maximum absolute atomic E-state index is 12.6. The first kappa shape index (κ1) is 16.7. The van der Waals surface area contributed by atoms with E-state index in [1.165, 1.54) is 10.5 Å².